The van der Waals surface area contributed by atoms with Crippen LogP contribution in [0.25, 0.3) is 0 Å². The van der Waals surface area contributed by atoms with Gasteiger partial charge >= 0.3 is 0 Å². The molecule has 2 rings (SSSR count). The van der Waals surface area contributed by atoms with Gasteiger partial charge in [0.15, 0.2) is 0 Å². The van der Waals surface area contributed by atoms with Gasteiger partial charge in [-0.1, -0.05) is 31.5 Å². The average Bonchev–Trinajstić information content (AvgIpc) is 2.60. The van der Waals surface area contributed by atoms with Crippen LogP contribution in [0, 0.1) is 0 Å². The predicted molar refractivity (Wildman–Crippen MR) is 100 cm³/mol. The SMILES string of the molecule is CCCC(C)(N)C(=O)NCCCN1CCN(c2ccccc2)CC1. The second-order valence-corrected chi connectivity index (χ2v) is 6.94. The fourth-order valence-corrected chi connectivity index (χ4v) is 3.21. The highest BCUT2D eigenvalue weighted by atomic mass is 16.2. The number of benzene rings is 1. The van der Waals surface area contributed by atoms with E-state index in [1.54, 1.807) is 0 Å². The molecule has 1 amide bonds. The van der Waals surface area contributed by atoms with E-state index in [0.29, 0.717) is 6.54 Å². The van der Waals surface area contributed by atoms with Crippen LogP contribution in [-0.4, -0.2) is 55.6 Å². The first-order valence-electron chi connectivity index (χ1n) is 9.12. The molecule has 0 aliphatic carbocycles. The number of nitrogens with zero attached hydrogens (tertiary/aromatic N) is 2. The van der Waals surface area contributed by atoms with E-state index in [1.165, 1.54) is 5.69 Å². The third kappa shape index (κ3) is 5.49. The summed E-state index contributed by atoms with van der Waals surface area (Å²) in [7, 11) is 0. The molecule has 1 unspecified atom stereocenters. The van der Waals surface area contributed by atoms with Gasteiger partial charge in [-0.25, -0.2) is 0 Å². The maximum absolute atomic E-state index is 12.0. The van der Waals surface area contributed by atoms with Gasteiger partial charge in [0.2, 0.25) is 5.91 Å². The summed E-state index contributed by atoms with van der Waals surface area (Å²) in [5.74, 6) is -0.0294. The molecule has 0 aromatic heterocycles. The molecular formula is C19H32N4O. The Kier molecular flexibility index (Phi) is 7.06. The lowest BCUT2D eigenvalue weighted by Gasteiger charge is -2.36. The van der Waals surface area contributed by atoms with Crippen LogP contribution in [0.4, 0.5) is 5.69 Å². The van der Waals surface area contributed by atoms with Gasteiger partial charge in [0, 0.05) is 38.4 Å². The maximum atomic E-state index is 12.0. The van der Waals surface area contributed by atoms with Crippen molar-refractivity contribution in [2.24, 2.45) is 5.73 Å². The van der Waals surface area contributed by atoms with Gasteiger partial charge in [-0.3, -0.25) is 9.69 Å². The first-order chi connectivity index (χ1) is 11.5. The van der Waals surface area contributed by atoms with Gasteiger partial charge in [0.1, 0.15) is 0 Å². The van der Waals surface area contributed by atoms with E-state index in [4.69, 9.17) is 5.73 Å². The third-order valence-electron chi connectivity index (χ3n) is 4.72. The molecule has 0 radical (unpaired) electrons. The number of anilines is 1. The van der Waals surface area contributed by atoms with Crippen molar-refractivity contribution < 1.29 is 4.79 Å². The largest absolute Gasteiger partial charge is 0.369 e. The number of nitrogens with two attached hydrogens (primary N) is 1. The normalized spacial score (nSPS) is 18.2. The van der Waals surface area contributed by atoms with Crippen LogP contribution in [0.5, 0.6) is 0 Å². The van der Waals surface area contributed by atoms with Gasteiger partial charge in [-0.2, -0.15) is 0 Å². The Morgan fingerprint density at radius 2 is 1.88 bits per heavy atom. The van der Waals surface area contributed by atoms with Crippen molar-refractivity contribution in [2.75, 3.05) is 44.2 Å². The van der Waals surface area contributed by atoms with Crippen LogP contribution >= 0.6 is 0 Å². The van der Waals surface area contributed by atoms with Crippen molar-refractivity contribution in [1.29, 1.82) is 0 Å². The second kappa shape index (κ2) is 9.04. The van der Waals surface area contributed by atoms with E-state index >= 15 is 0 Å². The van der Waals surface area contributed by atoms with Crippen molar-refractivity contribution in [2.45, 2.75) is 38.6 Å². The van der Waals surface area contributed by atoms with Crippen molar-refractivity contribution in [3.63, 3.8) is 0 Å². The molecule has 1 aromatic rings. The lowest BCUT2D eigenvalue weighted by atomic mass is 9.96. The molecule has 1 atom stereocenters. The molecule has 5 heteroatoms. The number of amides is 1. The summed E-state index contributed by atoms with van der Waals surface area (Å²) in [5, 5.41) is 2.98. The molecular weight excluding hydrogens is 300 g/mol. The number of hydrogen-bond acceptors (Lipinski definition) is 4. The number of carbonyl (C=O) groups is 1. The van der Waals surface area contributed by atoms with E-state index in [9.17, 15) is 4.79 Å². The molecule has 5 nitrogen and oxygen atoms in total. The quantitative estimate of drug-likeness (QED) is 0.713. The molecule has 0 saturated carbocycles. The maximum Gasteiger partial charge on any atom is 0.239 e. The van der Waals surface area contributed by atoms with E-state index in [-0.39, 0.29) is 5.91 Å². The monoisotopic (exact) mass is 332 g/mol. The predicted octanol–water partition coefficient (Wildman–Crippen LogP) is 1.83. The average molecular weight is 332 g/mol. The van der Waals surface area contributed by atoms with Gasteiger partial charge in [-0.05, 0) is 38.4 Å². The number of rotatable bonds is 8. The highest BCUT2D eigenvalue weighted by molar-refractivity contribution is 5.85. The summed E-state index contributed by atoms with van der Waals surface area (Å²) in [6.45, 7) is 9.87. The lowest BCUT2D eigenvalue weighted by molar-refractivity contribution is -0.126. The van der Waals surface area contributed by atoms with E-state index in [2.05, 4.69) is 45.4 Å². The number of piperazine rings is 1. The van der Waals surface area contributed by atoms with Gasteiger partial charge in [0.25, 0.3) is 0 Å². The van der Waals surface area contributed by atoms with Crippen LogP contribution < -0.4 is 16.0 Å². The number of para-hydroxylation sites is 1. The van der Waals surface area contributed by atoms with E-state index < -0.39 is 5.54 Å². The lowest BCUT2D eigenvalue weighted by Crippen LogP contribution is -2.52. The molecule has 1 fully saturated rings. The molecule has 3 N–H and O–H groups in total. The highest BCUT2D eigenvalue weighted by Crippen LogP contribution is 2.15. The first kappa shape index (κ1) is 18.7. The summed E-state index contributed by atoms with van der Waals surface area (Å²) in [5.41, 5.74) is 6.61. The Morgan fingerprint density at radius 1 is 1.21 bits per heavy atom. The van der Waals surface area contributed by atoms with Gasteiger partial charge in [-0.15, -0.1) is 0 Å². The second-order valence-electron chi connectivity index (χ2n) is 6.94. The van der Waals surface area contributed by atoms with E-state index in [0.717, 1.165) is 52.0 Å². The summed E-state index contributed by atoms with van der Waals surface area (Å²) >= 11 is 0. The molecule has 24 heavy (non-hydrogen) atoms. The minimum Gasteiger partial charge on any atom is -0.369 e. The number of hydrogen-bond donors (Lipinski definition) is 2. The summed E-state index contributed by atoms with van der Waals surface area (Å²) in [6, 6.07) is 10.6. The topological polar surface area (TPSA) is 61.6 Å². The Hall–Kier alpha value is -1.59. The smallest absolute Gasteiger partial charge is 0.239 e. The first-order valence-corrected chi connectivity index (χ1v) is 9.12. The fraction of sp³-hybridized carbons (Fsp3) is 0.632. The molecule has 1 aliphatic heterocycles. The Labute approximate surface area is 146 Å². The molecule has 0 spiro atoms. The summed E-state index contributed by atoms with van der Waals surface area (Å²) < 4.78 is 0. The fourth-order valence-electron chi connectivity index (χ4n) is 3.21. The highest BCUT2D eigenvalue weighted by Gasteiger charge is 2.26. The Bertz CT molecular complexity index is 495. The van der Waals surface area contributed by atoms with Crippen LogP contribution in [0.3, 0.4) is 0 Å². The van der Waals surface area contributed by atoms with Crippen molar-refractivity contribution in [1.82, 2.24) is 10.2 Å². The standard InChI is InChI=1S/C19H32N4O/c1-3-10-19(2,20)18(24)21-11-7-12-22-13-15-23(16-14-22)17-8-5-4-6-9-17/h4-6,8-9H,3,7,10-16,20H2,1-2H3,(H,21,24). The van der Waals surface area contributed by atoms with Crippen LogP contribution in [0.15, 0.2) is 30.3 Å². The van der Waals surface area contributed by atoms with Crippen LogP contribution in [-0.2, 0) is 4.79 Å². The van der Waals surface area contributed by atoms with Crippen molar-refractivity contribution in [3.8, 4) is 0 Å². The zero-order valence-electron chi connectivity index (χ0n) is 15.1. The minimum atomic E-state index is -0.740. The molecule has 1 heterocycles. The Balaban J connectivity index is 1.62. The zero-order valence-corrected chi connectivity index (χ0v) is 15.1. The van der Waals surface area contributed by atoms with Crippen molar-refractivity contribution >= 4 is 11.6 Å². The van der Waals surface area contributed by atoms with Gasteiger partial charge < -0.3 is 16.0 Å². The molecule has 1 aliphatic rings. The van der Waals surface area contributed by atoms with Crippen LogP contribution in [0.2, 0.25) is 0 Å². The zero-order chi connectivity index (χ0) is 17.4. The van der Waals surface area contributed by atoms with Crippen LogP contribution in [0.1, 0.15) is 33.1 Å². The molecule has 1 aromatic carbocycles. The number of nitrogens with one attached hydrogen (secondary N) is 1. The van der Waals surface area contributed by atoms with Gasteiger partial charge in [0.05, 0.1) is 5.54 Å². The molecule has 1 saturated heterocycles. The number of carbonyl (C=O) groups excluding carboxylic acids is 1. The van der Waals surface area contributed by atoms with E-state index in [1.807, 2.05) is 13.8 Å². The summed E-state index contributed by atoms with van der Waals surface area (Å²) in [6.07, 6.45) is 2.62. The van der Waals surface area contributed by atoms with Crippen molar-refractivity contribution in [3.05, 3.63) is 30.3 Å². The Morgan fingerprint density at radius 3 is 2.50 bits per heavy atom. The third-order valence-corrected chi connectivity index (χ3v) is 4.72. The molecule has 0 bridgehead atoms. The minimum absolute atomic E-state index is 0.0294. The molecule has 134 valence electrons. The summed E-state index contributed by atoms with van der Waals surface area (Å²) in [4.78, 5) is 17.0.